The van der Waals surface area contributed by atoms with Gasteiger partial charge in [0, 0.05) is 5.56 Å². The maximum absolute atomic E-state index is 11.1. The van der Waals surface area contributed by atoms with E-state index < -0.39 is 11.9 Å². The number of carboxylic acid groups (broad SMARTS) is 1. The molecular formula is C13H11ClN2O4. The minimum absolute atomic E-state index is 0.140. The van der Waals surface area contributed by atoms with Crippen LogP contribution >= 0.6 is 11.6 Å². The van der Waals surface area contributed by atoms with Gasteiger partial charge in [-0.05, 0) is 30.3 Å². The van der Waals surface area contributed by atoms with E-state index in [0.717, 1.165) is 0 Å². The van der Waals surface area contributed by atoms with Crippen molar-refractivity contribution in [2.24, 2.45) is 5.73 Å². The van der Waals surface area contributed by atoms with Crippen LogP contribution in [0.5, 0.6) is 0 Å². The zero-order valence-corrected chi connectivity index (χ0v) is 11.0. The molecule has 7 heteroatoms. The molecule has 2 aromatic rings. The fourth-order valence-corrected chi connectivity index (χ4v) is 1.77. The number of primary amides is 1. The predicted octanol–water partition coefficient (Wildman–Crippen LogP) is 2.34. The van der Waals surface area contributed by atoms with Crippen molar-refractivity contribution in [1.82, 2.24) is 0 Å². The lowest BCUT2D eigenvalue weighted by atomic mass is 10.2. The average molecular weight is 295 g/mol. The number of benzene rings is 1. The molecule has 1 aromatic heterocycles. The van der Waals surface area contributed by atoms with Crippen molar-refractivity contribution in [3.63, 3.8) is 0 Å². The van der Waals surface area contributed by atoms with Gasteiger partial charge in [0.05, 0.1) is 17.3 Å². The Bertz CT molecular complexity index is 666. The molecule has 0 bridgehead atoms. The smallest absolute Gasteiger partial charge is 0.371 e. The predicted molar refractivity (Wildman–Crippen MR) is 73.0 cm³/mol. The van der Waals surface area contributed by atoms with Crippen LogP contribution in [0.15, 0.2) is 34.7 Å². The van der Waals surface area contributed by atoms with Crippen molar-refractivity contribution >= 4 is 29.2 Å². The first-order valence-electron chi connectivity index (χ1n) is 5.62. The summed E-state index contributed by atoms with van der Waals surface area (Å²) in [4.78, 5) is 21.8. The third-order valence-electron chi connectivity index (χ3n) is 2.58. The number of halogens is 1. The number of hydrogen-bond donors (Lipinski definition) is 3. The van der Waals surface area contributed by atoms with Crippen LogP contribution in [0.4, 0.5) is 5.69 Å². The highest BCUT2D eigenvalue weighted by molar-refractivity contribution is 6.33. The second kappa shape index (κ2) is 5.66. The summed E-state index contributed by atoms with van der Waals surface area (Å²) in [6, 6.07) is 7.49. The molecule has 2 rings (SSSR count). The lowest BCUT2D eigenvalue weighted by Crippen LogP contribution is -2.11. The van der Waals surface area contributed by atoms with E-state index in [4.69, 9.17) is 26.9 Å². The van der Waals surface area contributed by atoms with Crippen LogP contribution in [0.1, 0.15) is 26.7 Å². The molecule has 0 aliphatic heterocycles. The summed E-state index contributed by atoms with van der Waals surface area (Å²) >= 11 is 5.98. The molecule has 1 aromatic carbocycles. The monoisotopic (exact) mass is 294 g/mol. The highest BCUT2D eigenvalue weighted by atomic mass is 35.5. The van der Waals surface area contributed by atoms with E-state index in [0.29, 0.717) is 22.0 Å². The second-order valence-electron chi connectivity index (χ2n) is 3.98. The quantitative estimate of drug-likeness (QED) is 0.785. The van der Waals surface area contributed by atoms with Gasteiger partial charge in [0.1, 0.15) is 5.76 Å². The number of nitrogens with one attached hydrogen (secondary N) is 1. The normalized spacial score (nSPS) is 10.2. The topological polar surface area (TPSA) is 106 Å². The first-order chi connectivity index (χ1) is 9.47. The molecule has 1 amide bonds. The minimum Gasteiger partial charge on any atom is -0.475 e. The van der Waals surface area contributed by atoms with E-state index in [1.807, 2.05) is 0 Å². The van der Waals surface area contributed by atoms with Gasteiger partial charge in [0.2, 0.25) is 11.7 Å². The number of nitrogens with two attached hydrogens (primary N) is 1. The first-order valence-corrected chi connectivity index (χ1v) is 6.00. The Hall–Kier alpha value is -2.47. The number of carboxylic acids is 1. The Kier molecular flexibility index (Phi) is 3.95. The third-order valence-corrected chi connectivity index (χ3v) is 2.91. The van der Waals surface area contributed by atoms with Gasteiger partial charge >= 0.3 is 5.97 Å². The summed E-state index contributed by atoms with van der Waals surface area (Å²) in [6.45, 7) is 0.231. The van der Waals surface area contributed by atoms with E-state index >= 15 is 0 Å². The van der Waals surface area contributed by atoms with Gasteiger partial charge in [-0.25, -0.2) is 4.79 Å². The van der Waals surface area contributed by atoms with Crippen molar-refractivity contribution in [2.75, 3.05) is 5.32 Å². The Morgan fingerprint density at radius 2 is 2.05 bits per heavy atom. The Labute approximate surface area is 119 Å². The van der Waals surface area contributed by atoms with Gasteiger partial charge in [0.15, 0.2) is 0 Å². The van der Waals surface area contributed by atoms with Crippen molar-refractivity contribution < 1.29 is 19.1 Å². The molecule has 4 N–H and O–H groups in total. The maximum Gasteiger partial charge on any atom is 0.371 e. The highest BCUT2D eigenvalue weighted by Crippen LogP contribution is 2.23. The van der Waals surface area contributed by atoms with E-state index in [-0.39, 0.29) is 12.3 Å². The standard InChI is InChI=1S/C13H11ClN2O4/c14-9-3-1-7(12(15)17)5-10(9)16-6-8-2-4-11(20-8)13(18)19/h1-5,16H,6H2,(H2,15,17)(H,18,19). The van der Waals surface area contributed by atoms with E-state index in [9.17, 15) is 9.59 Å². The molecule has 0 aliphatic carbocycles. The van der Waals surface area contributed by atoms with Crippen LogP contribution in [-0.4, -0.2) is 17.0 Å². The molecular weight excluding hydrogens is 284 g/mol. The molecule has 0 radical (unpaired) electrons. The Morgan fingerprint density at radius 3 is 2.65 bits per heavy atom. The van der Waals surface area contributed by atoms with Crippen molar-refractivity contribution in [1.29, 1.82) is 0 Å². The molecule has 0 aliphatic rings. The fraction of sp³-hybridized carbons (Fsp3) is 0.0769. The Morgan fingerprint density at radius 1 is 1.30 bits per heavy atom. The zero-order chi connectivity index (χ0) is 14.7. The summed E-state index contributed by atoms with van der Waals surface area (Å²) in [6.07, 6.45) is 0. The van der Waals surface area contributed by atoms with E-state index in [1.165, 1.54) is 18.2 Å². The number of furan rings is 1. The number of carbonyl (C=O) groups is 2. The van der Waals surface area contributed by atoms with E-state index in [1.54, 1.807) is 12.1 Å². The molecule has 0 atom stereocenters. The molecule has 0 spiro atoms. The average Bonchev–Trinajstić information content (AvgIpc) is 2.86. The summed E-state index contributed by atoms with van der Waals surface area (Å²) in [5.74, 6) is -1.40. The maximum atomic E-state index is 11.1. The van der Waals surface area contributed by atoms with Crippen LogP contribution in [0.25, 0.3) is 0 Å². The number of hydrogen-bond acceptors (Lipinski definition) is 4. The molecule has 0 unspecified atom stereocenters. The number of carbonyl (C=O) groups excluding carboxylic acids is 1. The number of rotatable bonds is 5. The number of anilines is 1. The highest BCUT2D eigenvalue weighted by Gasteiger charge is 2.10. The summed E-state index contributed by atoms with van der Waals surface area (Å²) in [7, 11) is 0. The van der Waals surface area contributed by atoms with E-state index in [2.05, 4.69) is 5.32 Å². The van der Waals surface area contributed by atoms with Crippen molar-refractivity contribution in [3.8, 4) is 0 Å². The molecule has 0 saturated heterocycles. The van der Waals surface area contributed by atoms with Gasteiger partial charge in [0.25, 0.3) is 0 Å². The molecule has 1 heterocycles. The fourth-order valence-electron chi connectivity index (χ4n) is 1.58. The lowest BCUT2D eigenvalue weighted by molar-refractivity contribution is 0.0660. The van der Waals surface area contributed by atoms with Gasteiger partial charge in [-0.3, -0.25) is 4.79 Å². The third kappa shape index (κ3) is 3.10. The van der Waals surface area contributed by atoms with Gasteiger partial charge in [-0.2, -0.15) is 0 Å². The largest absolute Gasteiger partial charge is 0.475 e. The molecule has 6 nitrogen and oxygen atoms in total. The molecule has 0 saturated carbocycles. The van der Waals surface area contributed by atoms with Crippen LogP contribution in [0.3, 0.4) is 0 Å². The van der Waals surface area contributed by atoms with Gasteiger partial charge < -0.3 is 20.6 Å². The summed E-state index contributed by atoms with van der Waals surface area (Å²) in [5, 5.41) is 12.1. The van der Waals surface area contributed by atoms with Crippen LogP contribution < -0.4 is 11.1 Å². The second-order valence-corrected chi connectivity index (χ2v) is 4.39. The lowest BCUT2D eigenvalue weighted by Gasteiger charge is -2.08. The van der Waals surface area contributed by atoms with Crippen LogP contribution in [0, 0.1) is 0 Å². The van der Waals surface area contributed by atoms with Crippen molar-refractivity contribution in [3.05, 3.63) is 52.4 Å². The number of amides is 1. The van der Waals surface area contributed by atoms with Gasteiger partial charge in [-0.15, -0.1) is 0 Å². The van der Waals surface area contributed by atoms with Crippen LogP contribution in [-0.2, 0) is 6.54 Å². The van der Waals surface area contributed by atoms with Crippen LogP contribution in [0.2, 0.25) is 5.02 Å². The van der Waals surface area contributed by atoms with Gasteiger partial charge in [-0.1, -0.05) is 11.6 Å². The zero-order valence-electron chi connectivity index (χ0n) is 10.2. The summed E-state index contributed by atoms with van der Waals surface area (Å²) < 4.78 is 5.09. The molecule has 20 heavy (non-hydrogen) atoms. The Balaban J connectivity index is 2.11. The first kappa shape index (κ1) is 14.0. The number of aromatic carboxylic acids is 1. The SMILES string of the molecule is NC(=O)c1ccc(Cl)c(NCc2ccc(C(=O)O)o2)c1. The summed E-state index contributed by atoms with van der Waals surface area (Å²) in [5.41, 5.74) is 6.02. The molecule has 104 valence electrons. The molecule has 0 fully saturated rings. The van der Waals surface area contributed by atoms with Crippen molar-refractivity contribution in [2.45, 2.75) is 6.54 Å². The minimum atomic E-state index is -1.13.